The van der Waals surface area contributed by atoms with Gasteiger partial charge in [0, 0.05) is 28.5 Å². The third-order valence-corrected chi connectivity index (χ3v) is 5.07. The van der Waals surface area contributed by atoms with Crippen molar-refractivity contribution in [1.82, 2.24) is 0 Å². The second-order valence-corrected chi connectivity index (χ2v) is 7.69. The standard InChI is InChI=1S/C24H23N2O/c1-15(2)9-17-11-18(14-25)24-21(12-17)20-13-19(16(3)10-23(20)27-24)22-7-5-6-8-26(22)4/h5-8,10-13,15H,9H2,1-4H3/q+1. The van der Waals surface area contributed by atoms with Gasteiger partial charge in [0.05, 0.1) is 5.56 Å². The molecule has 0 saturated carbocycles. The molecular formula is C24H23N2O+. The summed E-state index contributed by atoms with van der Waals surface area (Å²) in [6.07, 6.45) is 3.00. The van der Waals surface area contributed by atoms with Crippen molar-refractivity contribution in [2.75, 3.05) is 0 Å². The number of hydrogen-bond acceptors (Lipinski definition) is 2. The molecule has 0 saturated heterocycles. The number of nitriles is 1. The van der Waals surface area contributed by atoms with Gasteiger partial charge >= 0.3 is 0 Å². The first kappa shape index (κ1) is 17.3. The lowest BCUT2D eigenvalue weighted by molar-refractivity contribution is -0.660. The smallest absolute Gasteiger partial charge is 0.212 e. The van der Waals surface area contributed by atoms with E-state index in [9.17, 15) is 5.26 Å². The quantitative estimate of drug-likeness (QED) is 0.458. The van der Waals surface area contributed by atoms with E-state index in [2.05, 4.69) is 75.0 Å². The summed E-state index contributed by atoms with van der Waals surface area (Å²) in [5.74, 6) is 0.535. The molecule has 4 aromatic rings. The van der Waals surface area contributed by atoms with Gasteiger partial charge in [0.2, 0.25) is 5.69 Å². The van der Waals surface area contributed by atoms with Gasteiger partial charge in [-0.15, -0.1) is 0 Å². The van der Waals surface area contributed by atoms with Gasteiger partial charge in [-0.05, 0) is 60.7 Å². The molecule has 0 amide bonds. The molecule has 0 atom stereocenters. The van der Waals surface area contributed by atoms with Gasteiger partial charge < -0.3 is 4.42 Å². The number of pyridine rings is 1. The van der Waals surface area contributed by atoms with Gasteiger partial charge in [0.1, 0.15) is 18.7 Å². The van der Waals surface area contributed by atoms with Crippen molar-refractivity contribution in [3.05, 3.63) is 65.4 Å². The van der Waals surface area contributed by atoms with Crippen LogP contribution in [-0.2, 0) is 13.5 Å². The molecule has 3 heteroatoms. The van der Waals surface area contributed by atoms with Crippen molar-refractivity contribution in [3.8, 4) is 17.3 Å². The van der Waals surface area contributed by atoms with Crippen molar-refractivity contribution in [2.24, 2.45) is 13.0 Å². The molecule has 134 valence electrons. The van der Waals surface area contributed by atoms with Crippen LogP contribution in [0.15, 0.2) is 53.1 Å². The number of benzene rings is 2. The number of rotatable bonds is 3. The van der Waals surface area contributed by atoms with Gasteiger partial charge in [0.25, 0.3) is 0 Å². The van der Waals surface area contributed by atoms with Gasteiger partial charge in [-0.2, -0.15) is 5.26 Å². The summed E-state index contributed by atoms with van der Waals surface area (Å²) < 4.78 is 8.23. The Morgan fingerprint density at radius 1 is 1.11 bits per heavy atom. The average Bonchev–Trinajstić information content (AvgIpc) is 2.97. The lowest BCUT2D eigenvalue weighted by Crippen LogP contribution is -2.30. The predicted molar refractivity (Wildman–Crippen MR) is 108 cm³/mol. The van der Waals surface area contributed by atoms with Crippen LogP contribution in [0.2, 0.25) is 0 Å². The first-order valence-corrected chi connectivity index (χ1v) is 9.33. The van der Waals surface area contributed by atoms with Crippen LogP contribution in [0.4, 0.5) is 0 Å². The molecule has 27 heavy (non-hydrogen) atoms. The highest BCUT2D eigenvalue weighted by Crippen LogP contribution is 2.36. The highest BCUT2D eigenvalue weighted by atomic mass is 16.3. The second kappa shape index (κ2) is 6.55. The maximum absolute atomic E-state index is 9.63. The molecule has 0 aliphatic rings. The van der Waals surface area contributed by atoms with E-state index in [1.165, 1.54) is 11.1 Å². The Labute approximate surface area is 159 Å². The molecule has 0 aliphatic heterocycles. The number of aryl methyl sites for hydroxylation is 2. The molecule has 4 rings (SSSR count). The van der Waals surface area contributed by atoms with Crippen molar-refractivity contribution < 1.29 is 8.98 Å². The molecule has 0 spiro atoms. The topological polar surface area (TPSA) is 40.8 Å². The van der Waals surface area contributed by atoms with Gasteiger partial charge in [-0.1, -0.05) is 13.8 Å². The van der Waals surface area contributed by atoms with E-state index < -0.39 is 0 Å². The van der Waals surface area contributed by atoms with Crippen LogP contribution >= 0.6 is 0 Å². The number of aromatic nitrogens is 1. The summed E-state index contributed by atoms with van der Waals surface area (Å²) in [5, 5.41) is 11.7. The summed E-state index contributed by atoms with van der Waals surface area (Å²) in [6.45, 7) is 6.49. The van der Waals surface area contributed by atoms with E-state index >= 15 is 0 Å². The van der Waals surface area contributed by atoms with Crippen LogP contribution in [-0.4, -0.2) is 0 Å². The van der Waals surface area contributed by atoms with Crippen LogP contribution in [0.5, 0.6) is 0 Å². The minimum atomic E-state index is 0.535. The summed E-state index contributed by atoms with van der Waals surface area (Å²) in [6, 6.07) is 17.0. The molecule has 0 bridgehead atoms. The Morgan fingerprint density at radius 3 is 2.63 bits per heavy atom. The van der Waals surface area contributed by atoms with E-state index in [0.29, 0.717) is 17.1 Å². The van der Waals surface area contributed by atoms with E-state index in [1.807, 2.05) is 12.1 Å². The Balaban J connectivity index is 2.03. The van der Waals surface area contributed by atoms with Crippen molar-refractivity contribution in [3.63, 3.8) is 0 Å². The minimum absolute atomic E-state index is 0.535. The van der Waals surface area contributed by atoms with Crippen LogP contribution < -0.4 is 4.57 Å². The van der Waals surface area contributed by atoms with Gasteiger partial charge in [0.15, 0.2) is 11.8 Å². The van der Waals surface area contributed by atoms with Crippen molar-refractivity contribution >= 4 is 21.9 Å². The third kappa shape index (κ3) is 2.98. The van der Waals surface area contributed by atoms with E-state index in [1.54, 1.807) is 0 Å². The van der Waals surface area contributed by atoms with Crippen molar-refractivity contribution in [2.45, 2.75) is 27.2 Å². The first-order valence-electron chi connectivity index (χ1n) is 9.33. The highest BCUT2D eigenvalue weighted by Gasteiger charge is 2.18. The maximum Gasteiger partial charge on any atom is 0.212 e. The summed E-state index contributed by atoms with van der Waals surface area (Å²) in [4.78, 5) is 0. The van der Waals surface area contributed by atoms with Crippen LogP contribution in [0, 0.1) is 24.2 Å². The molecule has 0 aliphatic carbocycles. The molecule has 0 radical (unpaired) electrons. The SMILES string of the molecule is Cc1cc2oc3c(C#N)cc(CC(C)C)cc3c2cc1-c1cccc[n+]1C. The van der Waals surface area contributed by atoms with Gasteiger partial charge in [-0.25, -0.2) is 4.57 Å². The molecule has 0 fully saturated rings. The molecule has 3 nitrogen and oxygen atoms in total. The predicted octanol–water partition coefficient (Wildman–Crippen LogP) is 5.46. The third-order valence-electron chi connectivity index (χ3n) is 5.07. The van der Waals surface area contributed by atoms with E-state index in [4.69, 9.17) is 4.42 Å². The average molecular weight is 355 g/mol. The summed E-state index contributed by atoms with van der Waals surface area (Å²) in [7, 11) is 2.06. The maximum atomic E-state index is 9.63. The fraction of sp³-hybridized carbons (Fsp3) is 0.250. The number of hydrogen-bond donors (Lipinski definition) is 0. The molecule has 2 aromatic carbocycles. The zero-order chi connectivity index (χ0) is 19.1. The van der Waals surface area contributed by atoms with Crippen LogP contribution in [0.25, 0.3) is 33.2 Å². The molecule has 0 N–H and O–H groups in total. The zero-order valence-corrected chi connectivity index (χ0v) is 16.2. The second-order valence-electron chi connectivity index (χ2n) is 7.69. The first-order chi connectivity index (χ1) is 13.0. The number of fused-ring (bicyclic) bond motifs is 3. The van der Waals surface area contributed by atoms with Crippen LogP contribution in [0.3, 0.4) is 0 Å². The fourth-order valence-electron chi connectivity index (χ4n) is 3.84. The Morgan fingerprint density at radius 2 is 1.93 bits per heavy atom. The molecule has 0 unspecified atom stereocenters. The summed E-state index contributed by atoms with van der Waals surface area (Å²) >= 11 is 0. The largest absolute Gasteiger partial charge is 0.455 e. The Kier molecular flexibility index (Phi) is 4.20. The van der Waals surface area contributed by atoms with Gasteiger partial charge in [-0.3, -0.25) is 0 Å². The number of nitrogens with zero attached hydrogens (tertiary/aromatic N) is 2. The lowest BCUT2D eigenvalue weighted by atomic mass is 9.97. The fourth-order valence-corrected chi connectivity index (χ4v) is 3.84. The van der Waals surface area contributed by atoms with Crippen LogP contribution in [0.1, 0.15) is 30.5 Å². The van der Waals surface area contributed by atoms with Crippen molar-refractivity contribution in [1.29, 1.82) is 5.26 Å². The minimum Gasteiger partial charge on any atom is -0.455 e. The Bertz CT molecular complexity index is 1210. The lowest BCUT2D eigenvalue weighted by Gasteiger charge is -2.06. The summed E-state index contributed by atoms with van der Waals surface area (Å²) in [5.41, 5.74) is 6.82. The van der Waals surface area contributed by atoms with E-state index in [0.717, 1.165) is 34.0 Å². The number of furan rings is 1. The zero-order valence-electron chi connectivity index (χ0n) is 16.2. The van der Waals surface area contributed by atoms with E-state index in [-0.39, 0.29) is 0 Å². The molecule has 2 aromatic heterocycles. The molecular weight excluding hydrogens is 332 g/mol. The normalized spacial score (nSPS) is 11.4. The Hall–Kier alpha value is -3.12. The highest BCUT2D eigenvalue weighted by molar-refractivity contribution is 6.08. The monoisotopic (exact) mass is 355 g/mol. The molecule has 2 heterocycles.